The monoisotopic (exact) mass is 323 g/mol. The molecule has 2 rings (SSSR count). The molecule has 2 N–H and O–H groups in total. The van der Waals surface area contributed by atoms with Gasteiger partial charge in [0.25, 0.3) is 0 Å². The van der Waals surface area contributed by atoms with Crippen molar-refractivity contribution in [2.45, 2.75) is 19.3 Å². The second-order valence-corrected chi connectivity index (χ2v) is 6.40. The van der Waals surface area contributed by atoms with E-state index < -0.39 is 5.41 Å². The average molecular weight is 324 g/mol. The number of nitrogens with one attached hydrogen (secondary N) is 2. The molecule has 1 saturated carbocycles. The summed E-state index contributed by atoms with van der Waals surface area (Å²) in [6.45, 7) is 1.49. The lowest BCUT2D eigenvalue weighted by atomic mass is 10.0. The fraction of sp³-hybridized carbons (Fsp3) is 0.500. The Morgan fingerprint density at radius 1 is 1.27 bits per heavy atom. The number of halogens is 1. The Labute approximate surface area is 136 Å². The highest BCUT2D eigenvalue weighted by atomic mass is 35.5. The second kappa shape index (κ2) is 7.11. The summed E-state index contributed by atoms with van der Waals surface area (Å²) < 4.78 is 0. The van der Waals surface area contributed by atoms with E-state index in [-0.39, 0.29) is 11.8 Å². The van der Waals surface area contributed by atoms with Crippen LogP contribution in [0.2, 0.25) is 5.02 Å². The summed E-state index contributed by atoms with van der Waals surface area (Å²) in [5.41, 5.74) is -0.287. The fourth-order valence-corrected chi connectivity index (χ4v) is 2.46. The van der Waals surface area contributed by atoms with Crippen LogP contribution < -0.4 is 10.6 Å². The van der Waals surface area contributed by atoms with Gasteiger partial charge in [-0.05, 0) is 58.1 Å². The van der Waals surface area contributed by atoms with Gasteiger partial charge in [-0.2, -0.15) is 0 Å². The van der Waals surface area contributed by atoms with Crippen LogP contribution in [-0.4, -0.2) is 43.9 Å². The Kier molecular flexibility index (Phi) is 5.42. The number of rotatable bonds is 7. The third-order valence-corrected chi connectivity index (χ3v) is 4.00. The van der Waals surface area contributed by atoms with Gasteiger partial charge in [-0.25, -0.2) is 0 Å². The summed E-state index contributed by atoms with van der Waals surface area (Å²) in [5, 5.41) is 6.20. The number of amides is 2. The van der Waals surface area contributed by atoms with Gasteiger partial charge >= 0.3 is 0 Å². The van der Waals surface area contributed by atoms with Gasteiger partial charge in [0.15, 0.2) is 0 Å². The molecule has 0 saturated heterocycles. The molecule has 120 valence electrons. The Balaban J connectivity index is 1.87. The van der Waals surface area contributed by atoms with Crippen molar-refractivity contribution in [2.24, 2.45) is 5.41 Å². The number of anilines is 1. The highest BCUT2D eigenvalue weighted by molar-refractivity contribution is 6.31. The van der Waals surface area contributed by atoms with E-state index in [0.29, 0.717) is 30.1 Å². The Morgan fingerprint density at radius 2 is 2.00 bits per heavy atom. The van der Waals surface area contributed by atoms with E-state index in [0.717, 1.165) is 13.0 Å². The van der Waals surface area contributed by atoms with Gasteiger partial charge < -0.3 is 15.5 Å². The van der Waals surface area contributed by atoms with Crippen molar-refractivity contribution in [2.75, 3.05) is 32.5 Å². The molecule has 1 aromatic rings. The first-order chi connectivity index (χ1) is 10.4. The zero-order chi connectivity index (χ0) is 16.2. The number of nitrogens with zero attached hydrogens (tertiary/aromatic N) is 1. The first-order valence-electron chi connectivity index (χ1n) is 7.44. The van der Waals surface area contributed by atoms with Gasteiger partial charge in [0.1, 0.15) is 5.41 Å². The van der Waals surface area contributed by atoms with Gasteiger partial charge in [0.2, 0.25) is 11.8 Å². The van der Waals surface area contributed by atoms with Crippen LogP contribution >= 0.6 is 11.6 Å². The molecule has 0 radical (unpaired) electrons. The van der Waals surface area contributed by atoms with Crippen LogP contribution in [0.4, 0.5) is 5.69 Å². The highest BCUT2D eigenvalue weighted by Gasteiger charge is 2.56. The van der Waals surface area contributed by atoms with Crippen LogP contribution in [0.1, 0.15) is 19.3 Å². The Morgan fingerprint density at radius 3 is 2.59 bits per heavy atom. The molecule has 5 nitrogen and oxygen atoms in total. The number of benzene rings is 1. The van der Waals surface area contributed by atoms with Crippen molar-refractivity contribution >= 4 is 29.1 Å². The van der Waals surface area contributed by atoms with Crippen molar-refractivity contribution in [3.63, 3.8) is 0 Å². The van der Waals surface area contributed by atoms with E-state index in [1.807, 2.05) is 14.1 Å². The van der Waals surface area contributed by atoms with Crippen molar-refractivity contribution in [3.05, 3.63) is 29.3 Å². The predicted octanol–water partition coefficient (Wildman–Crippen LogP) is 2.13. The lowest BCUT2D eigenvalue weighted by Gasteiger charge is -2.16. The van der Waals surface area contributed by atoms with E-state index in [1.165, 1.54) is 0 Å². The summed E-state index contributed by atoms with van der Waals surface area (Å²) >= 11 is 5.90. The smallest absolute Gasteiger partial charge is 0.240 e. The minimum Gasteiger partial charge on any atom is -0.355 e. The predicted molar refractivity (Wildman–Crippen MR) is 87.9 cm³/mol. The zero-order valence-electron chi connectivity index (χ0n) is 13.0. The second-order valence-electron chi connectivity index (χ2n) is 5.96. The molecule has 0 aromatic heterocycles. The topological polar surface area (TPSA) is 61.4 Å². The summed E-state index contributed by atoms with van der Waals surface area (Å²) in [7, 11) is 3.98. The fourth-order valence-electron chi connectivity index (χ4n) is 2.27. The molecule has 0 atom stereocenters. The van der Waals surface area contributed by atoms with E-state index in [4.69, 9.17) is 11.6 Å². The minimum absolute atomic E-state index is 0.175. The van der Waals surface area contributed by atoms with E-state index in [9.17, 15) is 9.59 Å². The summed E-state index contributed by atoms with van der Waals surface area (Å²) in [4.78, 5) is 26.7. The lowest BCUT2D eigenvalue weighted by molar-refractivity contribution is -0.134. The first-order valence-corrected chi connectivity index (χ1v) is 7.82. The van der Waals surface area contributed by atoms with Crippen molar-refractivity contribution in [1.82, 2.24) is 10.2 Å². The number of carbonyl (C=O) groups is 2. The van der Waals surface area contributed by atoms with Gasteiger partial charge in [0, 0.05) is 17.3 Å². The maximum absolute atomic E-state index is 12.4. The van der Waals surface area contributed by atoms with Crippen molar-refractivity contribution < 1.29 is 9.59 Å². The maximum Gasteiger partial charge on any atom is 0.240 e. The highest BCUT2D eigenvalue weighted by Crippen LogP contribution is 2.46. The third-order valence-electron chi connectivity index (χ3n) is 3.77. The largest absolute Gasteiger partial charge is 0.355 e. The van der Waals surface area contributed by atoms with Gasteiger partial charge in [-0.15, -0.1) is 0 Å². The first kappa shape index (κ1) is 16.8. The van der Waals surface area contributed by atoms with Crippen LogP contribution in [0.15, 0.2) is 24.3 Å². The molecule has 0 bridgehead atoms. The molecule has 2 amide bonds. The molecule has 1 fully saturated rings. The molecule has 1 aliphatic carbocycles. The maximum atomic E-state index is 12.4. The van der Waals surface area contributed by atoms with Crippen LogP contribution in [0.5, 0.6) is 0 Å². The zero-order valence-corrected chi connectivity index (χ0v) is 13.7. The molecule has 1 aromatic carbocycles. The SMILES string of the molecule is CN(C)CCCNC(=O)C1(C(=O)Nc2cccc(Cl)c2)CC1. The molecule has 0 spiro atoms. The summed E-state index contributed by atoms with van der Waals surface area (Å²) in [5.74, 6) is -0.425. The average Bonchev–Trinajstić information content (AvgIpc) is 3.25. The lowest BCUT2D eigenvalue weighted by Crippen LogP contribution is -2.40. The van der Waals surface area contributed by atoms with Crippen LogP contribution in [0, 0.1) is 5.41 Å². The van der Waals surface area contributed by atoms with Crippen LogP contribution in [0.3, 0.4) is 0 Å². The van der Waals surface area contributed by atoms with Crippen LogP contribution in [-0.2, 0) is 9.59 Å². The molecule has 1 aliphatic rings. The number of hydrogen-bond donors (Lipinski definition) is 2. The molecule has 0 unspecified atom stereocenters. The van der Waals surface area contributed by atoms with Crippen LogP contribution in [0.25, 0.3) is 0 Å². The minimum atomic E-state index is -0.902. The molecular weight excluding hydrogens is 302 g/mol. The summed E-state index contributed by atoms with van der Waals surface area (Å²) in [6, 6.07) is 6.93. The van der Waals surface area contributed by atoms with E-state index >= 15 is 0 Å². The molecule has 6 heteroatoms. The Hall–Kier alpha value is -1.59. The normalized spacial score (nSPS) is 15.5. The van der Waals surface area contributed by atoms with Gasteiger partial charge in [0.05, 0.1) is 0 Å². The quantitative estimate of drug-likeness (QED) is 0.597. The van der Waals surface area contributed by atoms with Crippen molar-refractivity contribution in [1.29, 1.82) is 0 Å². The van der Waals surface area contributed by atoms with Gasteiger partial charge in [-0.1, -0.05) is 17.7 Å². The standard InChI is InChI=1S/C16H22ClN3O2/c1-20(2)10-4-9-18-14(21)16(7-8-16)15(22)19-13-6-3-5-12(17)11-13/h3,5-6,11H,4,7-10H2,1-2H3,(H,18,21)(H,19,22). The molecule has 22 heavy (non-hydrogen) atoms. The van der Waals surface area contributed by atoms with E-state index in [2.05, 4.69) is 15.5 Å². The van der Waals surface area contributed by atoms with E-state index in [1.54, 1.807) is 24.3 Å². The third kappa shape index (κ3) is 4.21. The Bertz CT molecular complexity index is 556. The summed E-state index contributed by atoms with van der Waals surface area (Å²) in [6.07, 6.45) is 2.06. The van der Waals surface area contributed by atoms with Crippen molar-refractivity contribution in [3.8, 4) is 0 Å². The number of hydrogen-bond acceptors (Lipinski definition) is 3. The van der Waals surface area contributed by atoms with Gasteiger partial charge in [-0.3, -0.25) is 9.59 Å². The molecular formula is C16H22ClN3O2. The molecule has 0 aliphatic heterocycles. The molecule has 0 heterocycles. The number of carbonyl (C=O) groups excluding carboxylic acids is 2.